The molecule has 0 bridgehead atoms. The largest absolute Gasteiger partial charge is 0.444 e. The molecule has 1 amide bonds. The number of anilines is 2. The van der Waals surface area contributed by atoms with Crippen molar-refractivity contribution >= 4 is 17.5 Å². The molecule has 5 nitrogen and oxygen atoms in total. The molecule has 0 spiro atoms. The molecule has 2 rings (SSSR count). The molecular weight excluding hydrogens is 304 g/mol. The number of rotatable bonds is 2. The molecule has 0 aliphatic carbocycles. The van der Waals surface area contributed by atoms with Crippen molar-refractivity contribution in [1.82, 2.24) is 4.90 Å². The van der Waals surface area contributed by atoms with Crippen LogP contribution in [0.5, 0.6) is 0 Å². The van der Waals surface area contributed by atoms with Crippen molar-refractivity contribution in [2.75, 3.05) is 30.8 Å². The first-order valence-corrected chi connectivity index (χ1v) is 7.54. The summed E-state index contributed by atoms with van der Waals surface area (Å²) < 4.78 is 33.3. The Morgan fingerprint density at radius 3 is 2.43 bits per heavy atom. The number of hydrogen-bond donors (Lipinski definition) is 1. The third-order valence-corrected chi connectivity index (χ3v) is 3.75. The fourth-order valence-corrected chi connectivity index (χ4v) is 2.63. The molecule has 23 heavy (non-hydrogen) atoms. The second-order valence-electron chi connectivity index (χ2n) is 6.81. The standard InChI is InChI=1S/C16H23F2N3O2/c1-16(2,3)23-15(22)20(4)11-5-6-21(9-11)14-12(17)7-10(19)8-13(14)18/h7-8,11H,5-6,9,19H2,1-4H3. The third kappa shape index (κ3) is 4.03. The summed E-state index contributed by atoms with van der Waals surface area (Å²) in [6.45, 7) is 6.17. The summed E-state index contributed by atoms with van der Waals surface area (Å²) in [7, 11) is 1.64. The fourth-order valence-electron chi connectivity index (χ4n) is 2.63. The van der Waals surface area contributed by atoms with Gasteiger partial charge in [0.1, 0.15) is 11.3 Å². The van der Waals surface area contributed by atoms with Gasteiger partial charge < -0.3 is 20.3 Å². The number of nitrogens with two attached hydrogens (primary N) is 1. The Kier molecular flexibility index (Phi) is 4.68. The lowest BCUT2D eigenvalue weighted by atomic mass is 10.2. The summed E-state index contributed by atoms with van der Waals surface area (Å²) in [5, 5.41) is 0. The van der Waals surface area contributed by atoms with Crippen LogP contribution >= 0.6 is 0 Å². The van der Waals surface area contributed by atoms with Gasteiger partial charge >= 0.3 is 6.09 Å². The highest BCUT2D eigenvalue weighted by molar-refractivity contribution is 5.68. The quantitative estimate of drug-likeness (QED) is 0.849. The number of carbonyl (C=O) groups excluding carboxylic acids is 1. The molecule has 1 aliphatic heterocycles. The van der Waals surface area contributed by atoms with E-state index in [4.69, 9.17) is 10.5 Å². The number of benzene rings is 1. The van der Waals surface area contributed by atoms with Crippen LogP contribution in [0.25, 0.3) is 0 Å². The number of carbonyl (C=O) groups is 1. The van der Waals surface area contributed by atoms with E-state index in [1.54, 1.807) is 32.7 Å². The van der Waals surface area contributed by atoms with Crippen LogP contribution in [0.4, 0.5) is 25.0 Å². The van der Waals surface area contributed by atoms with E-state index >= 15 is 0 Å². The number of amides is 1. The average molecular weight is 327 g/mol. The van der Waals surface area contributed by atoms with Gasteiger partial charge in [0.05, 0.1) is 6.04 Å². The molecule has 128 valence electrons. The molecule has 0 saturated carbocycles. The smallest absolute Gasteiger partial charge is 0.410 e. The van der Waals surface area contributed by atoms with Crippen LogP contribution in [0.15, 0.2) is 12.1 Å². The maximum absolute atomic E-state index is 14.0. The lowest BCUT2D eigenvalue weighted by Gasteiger charge is -2.29. The van der Waals surface area contributed by atoms with Gasteiger partial charge in [-0.1, -0.05) is 0 Å². The van der Waals surface area contributed by atoms with Crippen molar-refractivity contribution in [3.63, 3.8) is 0 Å². The number of likely N-dealkylation sites (N-methyl/N-ethyl adjacent to an activating group) is 1. The van der Waals surface area contributed by atoms with Crippen molar-refractivity contribution in [1.29, 1.82) is 0 Å². The first kappa shape index (κ1) is 17.3. The first-order chi connectivity index (χ1) is 10.6. The van der Waals surface area contributed by atoms with Crippen LogP contribution in [0.1, 0.15) is 27.2 Å². The van der Waals surface area contributed by atoms with Crippen molar-refractivity contribution in [3.05, 3.63) is 23.8 Å². The monoisotopic (exact) mass is 327 g/mol. The fraction of sp³-hybridized carbons (Fsp3) is 0.562. The first-order valence-electron chi connectivity index (χ1n) is 7.54. The minimum absolute atomic E-state index is 0.0466. The summed E-state index contributed by atoms with van der Waals surface area (Å²) in [4.78, 5) is 15.2. The Morgan fingerprint density at radius 2 is 1.91 bits per heavy atom. The zero-order chi connectivity index (χ0) is 17.4. The maximum Gasteiger partial charge on any atom is 0.410 e. The molecule has 1 unspecified atom stereocenters. The summed E-state index contributed by atoms with van der Waals surface area (Å²) in [5.41, 5.74) is 4.80. The van der Waals surface area contributed by atoms with Crippen LogP contribution in [0.2, 0.25) is 0 Å². The predicted molar refractivity (Wildman–Crippen MR) is 85.4 cm³/mol. The van der Waals surface area contributed by atoms with E-state index in [1.165, 1.54) is 4.90 Å². The molecule has 1 aromatic carbocycles. The molecule has 7 heteroatoms. The minimum atomic E-state index is -0.692. The number of ether oxygens (including phenoxy) is 1. The summed E-state index contributed by atoms with van der Waals surface area (Å²) >= 11 is 0. The lowest BCUT2D eigenvalue weighted by molar-refractivity contribution is 0.0238. The summed E-state index contributed by atoms with van der Waals surface area (Å²) in [5.74, 6) is -1.38. The lowest BCUT2D eigenvalue weighted by Crippen LogP contribution is -2.42. The van der Waals surface area contributed by atoms with E-state index in [0.29, 0.717) is 19.5 Å². The maximum atomic E-state index is 14.0. The molecule has 2 N–H and O–H groups in total. The second-order valence-corrected chi connectivity index (χ2v) is 6.81. The van der Waals surface area contributed by atoms with Gasteiger partial charge in [0.25, 0.3) is 0 Å². The predicted octanol–water partition coefficient (Wildman–Crippen LogP) is 2.99. The van der Waals surface area contributed by atoms with Crippen LogP contribution in [-0.2, 0) is 4.74 Å². The highest BCUT2D eigenvalue weighted by Gasteiger charge is 2.33. The van der Waals surface area contributed by atoms with E-state index in [9.17, 15) is 13.6 Å². The van der Waals surface area contributed by atoms with E-state index < -0.39 is 23.3 Å². The minimum Gasteiger partial charge on any atom is -0.444 e. The van der Waals surface area contributed by atoms with Gasteiger partial charge in [0, 0.05) is 25.8 Å². The normalized spacial score (nSPS) is 18.2. The number of halogens is 2. The van der Waals surface area contributed by atoms with E-state index in [0.717, 1.165) is 12.1 Å². The molecule has 1 heterocycles. The number of hydrogen-bond acceptors (Lipinski definition) is 4. The van der Waals surface area contributed by atoms with E-state index in [2.05, 4.69) is 0 Å². The van der Waals surface area contributed by atoms with E-state index in [1.807, 2.05) is 0 Å². The topological polar surface area (TPSA) is 58.8 Å². The summed E-state index contributed by atoms with van der Waals surface area (Å²) in [6.07, 6.45) is 0.168. The van der Waals surface area contributed by atoms with Crippen molar-refractivity contribution in [3.8, 4) is 0 Å². The Bertz CT molecular complexity index is 578. The van der Waals surface area contributed by atoms with Gasteiger partial charge in [-0.2, -0.15) is 0 Å². The number of nitrogens with zero attached hydrogens (tertiary/aromatic N) is 2. The highest BCUT2D eigenvalue weighted by Crippen LogP contribution is 2.30. The molecule has 0 radical (unpaired) electrons. The van der Waals surface area contributed by atoms with Gasteiger partial charge in [-0.15, -0.1) is 0 Å². The molecule has 1 aromatic rings. The molecular formula is C16H23F2N3O2. The van der Waals surface area contributed by atoms with Gasteiger partial charge in [0.15, 0.2) is 11.6 Å². The van der Waals surface area contributed by atoms with Crippen LogP contribution in [-0.4, -0.2) is 42.8 Å². The Balaban J connectivity index is 2.08. The van der Waals surface area contributed by atoms with Gasteiger partial charge in [-0.05, 0) is 39.3 Å². The Labute approximate surface area is 135 Å². The Hall–Kier alpha value is -2.05. The van der Waals surface area contributed by atoms with Gasteiger partial charge in [-0.3, -0.25) is 0 Å². The molecule has 1 aliphatic rings. The Morgan fingerprint density at radius 1 is 1.35 bits per heavy atom. The number of nitrogen functional groups attached to an aromatic ring is 1. The third-order valence-electron chi connectivity index (χ3n) is 3.75. The van der Waals surface area contributed by atoms with Crippen molar-refractivity contribution in [2.24, 2.45) is 0 Å². The summed E-state index contributed by atoms with van der Waals surface area (Å²) in [6, 6.07) is 2.04. The zero-order valence-corrected chi connectivity index (χ0v) is 13.9. The average Bonchev–Trinajstić information content (AvgIpc) is 2.83. The molecule has 0 aromatic heterocycles. The van der Waals surface area contributed by atoms with Crippen molar-refractivity contribution in [2.45, 2.75) is 38.8 Å². The van der Waals surface area contributed by atoms with E-state index in [-0.39, 0.29) is 17.4 Å². The molecule has 1 saturated heterocycles. The van der Waals surface area contributed by atoms with Gasteiger partial charge in [0.2, 0.25) is 0 Å². The highest BCUT2D eigenvalue weighted by atomic mass is 19.1. The van der Waals surface area contributed by atoms with Crippen LogP contribution in [0, 0.1) is 11.6 Å². The second kappa shape index (κ2) is 6.22. The van der Waals surface area contributed by atoms with Crippen LogP contribution < -0.4 is 10.6 Å². The van der Waals surface area contributed by atoms with Gasteiger partial charge in [-0.25, -0.2) is 13.6 Å². The van der Waals surface area contributed by atoms with Crippen LogP contribution in [0.3, 0.4) is 0 Å². The molecule has 1 fully saturated rings. The molecule has 1 atom stereocenters. The van der Waals surface area contributed by atoms with Crippen molar-refractivity contribution < 1.29 is 18.3 Å². The zero-order valence-electron chi connectivity index (χ0n) is 13.9. The SMILES string of the molecule is CN(C(=O)OC(C)(C)C)C1CCN(c2c(F)cc(N)cc2F)C1.